The first-order valence-electron chi connectivity index (χ1n) is 7.66. The molecule has 0 spiro atoms. The molecule has 0 saturated heterocycles. The van der Waals surface area contributed by atoms with E-state index in [9.17, 15) is 13.6 Å². The maximum atomic E-state index is 14.4. The quantitative estimate of drug-likeness (QED) is 0.566. The number of rotatable bonds is 3. The van der Waals surface area contributed by atoms with Crippen LogP contribution in [0.1, 0.15) is 10.4 Å². The summed E-state index contributed by atoms with van der Waals surface area (Å²) in [5, 5.41) is 6.44. The number of hydrogen-bond acceptors (Lipinski definition) is 6. The maximum absolute atomic E-state index is 14.4. The number of nitrogens with two attached hydrogens (primary N) is 1. The summed E-state index contributed by atoms with van der Waals surface area (Å²) in [6.45, 7) is 0. The van der Waals surface area contributed by atoms with Crippen molar-refractivity contribution in [2.24, 2.45) is 7.05 Å². The van der Waals surface area contributed by atoms with E-state index in [-0.39, 0.29) is 28.3 Å². The smallest absolute Gasteiger partial charge is 0.263 e. The van der Waals surface area contributed by atoms with Crippen LogP contribution >= 0.6 is 0 Å². The lowest BCUT2D eigenvalue weighted by Gasteiger charge is -2.11. The molecule has 4 aromatic heterocycles. The Hall–Kier alpha value is -3.89. The fraction of sp³-hybridized carbons (Fsp3) is 0.0625. The Bertz CT molecular complexity index is 1180. The Morgan fingerprint density at radius 1 is 1.19 bits per heavy atom. The van der Waals surface area contributed by atoms with Crippen LogP contribution in [0, 0.1) is 11.6 Å². The number of aromatic nitrogens is 6. The van der Waals surface area contributed by atoms with E-state index < -0.39 is 17.5 Å². The summed E-state index contributed by atoms with van der Waals surface area (Å²) in [4.78, 5) is 24.3. The molecule has 0 aromatic carbocycles. The van der Waals surface area contributed by atoms with Crippen LogP contribution < -0.4 is 11.1 Å². The average Bonchev–Trinajstić information content (AvgIpc) is 3.17. The van der Waals surface area contributed by atoms with Crippen molar-refractivity contribution in [1.82, 2.24) is 29.1 Å². The fourth-order valence-electron chi connectivity index (χ4n) is 2.72. The molecule has 4 rings (SSSR count). The summed E-state index contributed by atoms with van der Waals surface area (Å²) in [6, 6.07) is 0. The predicted molar refractivity (Wildman–Crippen MR) is 91.7 cm³/mol. The van der Waals surface area contributed by atoms with Crippen LogP contribution in [0.25, 0.3) is 16.9 Å². The molecule has 136 valence electrons. The first kappa shape index (κ1) is 16.6. The lowest BCUT2D eigenvalue weighted by Crippen LogP contribution is -2.15. The number of amides is 1. The number of pyridine rings is 1. The number of aryl methyl sites for hydroxylation is 1. The van der Waals surface area contributed by atoms with E-state index in [1.165, 1.54) is 18.7 Å². The standard InChI is InChI=1S/C16H12F2N8O/c1-25-7-21-5-11(25)12-9(18)3-20-4-10(12)23-16(27)13-14(19)24-26-6-8(17)2-22-15(13)26/h2-7H,1H3,(H2,19,24)(H,23,27). The highest BCUT2D eigenvalue weighted by Crippen LogP contribution is 2.30. The molecule has 0 fully saturated rings. The van der Waals surface area contributed by atoms with Gasteiger partial charge in [0.25, 0.3) is 5.91 Å². The number of nitrogens with zero attached hydrogens (tertiary/aromatic N) is 6. The lowest BCUT2D eigenvalue weighted by atomic mass is 10.1. The van der Waals surface area contributed by atoms with Crippen molar-refractivity contribution in [3.8, 4) is 11.3 Å². The van der Waals surface area contributed by atoms with E-state index in [0.717, 1.165) is 23.1 Å². The third-order valence-corrected chi connectivity index (χ3v) is 3.92. The van der Waals surface area contributed by atoms with Crippen LogP contribution in [0.4, 0.5) is 20.3 Å². The van der Waals surface area contributed by atoms with Crippen molar-refractivity contribution in [2.75, 3.05) is 11.1 Å². The van der Waals surface area contributed by atoms with Gasteiger partial charge in [0, 0.05) is 7.05 Å². The van der Waals surface area contributed by atoms with Gasteiger partial charge in [-0.3, -0.25) is 9.78 Å². The molecule has 0 unspecified atom stereocenters. The van der Waals surface area contributed by atoms with E-state index in [2.05, 4.69) is 25.4 Å². The molecule has 0 aliphatic rings. The van der Waals surface area contributed by atoms with Crippen LogP contribution in [0.5, 0.6) is 0 Å². The molecule has 0 radical (unpaired) electrons. The molecule has 0 saturated carbocycles. The zero-order valence-electron chi connectivity index (χ0n) is 13.9. The summed E-state index contributed by atoms with van der Waals surface area (Å²) >= 11 is 0. The minimum atomic E-state index is -0.683. The van der Waals surface area contributed by atoms with Gasteiger partial charge in [-0.2, -0.15) is 0 Å². The van der Waals surface area contributed by atoms with Crippen LogP contribution in [0.3, 0.4) is 0 Å². The highest BCUT2D eigenvalue weighted by molar-refractivity contribution is 6.12. The first-order valence-corrected chi connectivity index (χ1v) is 7.66. The van der Waals surface area contributed by atoms with Gasteiger partial charge in [0.1, 0.15) is 5.56 Å². The second-order valence-corrected chi connectivity index (χ2v) is 5.69. The molecule has 0 atom stereocenters. The zero-order chi connectivity index (χ0) is 19.1. The minimum absolute atomic E-state index is 0.0600. The Morgan fingerprint density at radius 2 is 2.00 bits per heavy atom. The number of nitrogen functional groups attached to an aromatic ring is 1. The molecule has 27 heavy (non-hydrogen) atoms. The Labute approximate surface area is 150 Å². The van der Waals surface area contributed by atoms with Gasteiger partial charge < -0.3 is 15.6 Å². The number of nitrogens with one attached hydrogen (secondary N) is 1. The van der Waals surface area contributed by atoms with E-state index in [1.807, 2.05) is 0 Å². The van der Waals surface area contributed by atoms with Crippen molar-refractivity contribution in [2.45, 2.75) is 0 Å². The zero-order valence-corrected chi connectivity index (χ0v) is 13.9. The van der Waals surface area contributed by atoms with Crippen LogP contribution in [0.2, 0.25) is 0 Å². The number of carbonyl (C=O) groups excluding carboxylic acids is 1. The molecule has 4 heterocycles. The van der Waals surface area contributed by atoms with E-state index in [1.54, 1.807) is 11.6 Å². The lowest BCUT2D eigenvalue weighted by molar-refractivity contribution is 0.102. The molecule has 11 heteroatoms. The molecule has 0 bridgehead atoms. The van der Waals surface area contributed by atoms with Crippen molar-refractivity contribution in [3.63, 3.8) is 0 Å². The topological polar surface area (TPSA) is 116 Å². The minimum Gasteiger partial charge on any atom is -0.381 e. The highest BCUT2D eigenvalue weighted by atomic mass is 19.1. The monoisotopic (exact) mass is 370 g/mol. The predicted octanol–water partition coefficient (Wildman–Crippen LogP) is 1.64. The third-order valence-electron chi connectivity index (χ3n) is 3.92. The van der Waals surface area contributed by atoms with Gasteiger partial charge in [0.05, 0.1) is 54.3 Å². The van der Waals surface area contributed by atoms with Crippen LogP contribution in [-0.2, 0) is 7.05 Å². The number of carbonyl (C=O) groups is 1. The van der Waals surface area contributed by atoms with E-state index in [4.69, 9.17) is 5.73 Å². The second-order valence-electron chi connectivity index (χ2n) is 5.69. The van der Waals surface area contributed by atoms with Crippen molar-refractivity contribution in [3.05, 3.63) is 54.5 Å². The number of hydrogen-bond donors (Lipinski definition) is 2. The second kappa shape index (κ2) is 6.12. The molecule has 0 aliphatic heterocycles. The highest BCUT2D eigenvalue weighted by Gasteiger charge is 2.22. The molecule has 0 aliphatic carbocycles. The Balaban J connectivity index is 1.78. The Kier molecular flexibility index (Phi) is 3.76. The summed E-state index contributed by atoms with van der Waals surface area (Å²) in [6.07, 6.45) is 7.28. The molecule has 1 amide bonds. The Morgan fingerprint density at radius 3 is 2.74 bits per heavy atom. The molecule has 4 aromatic rings. The van der Waals surface area contributed by atoms with Crippen molar-refractivity contribution >= 4 is 23.1 Å². The van der Waals surface area contributed by atoms with Crippen LogP contribution in [0.15, 0.2) is 37.3 Å². The van der Waals surface area contributed by atoms with Gasteiger partial charge in [0.15, 0.2) is 23.1 Å². The summed E-state index contributed by atoms with van der Waals surface area (Å²) in [7, 11) is 1.69. The maximum Gasteiger partial charge on any atom is 0.263 e. The molecular weight excluding hydrogens is 358 g/mol. The van der Waals surface area contributed by atoms with Gasteiger partial charge in [-0.15, -0.1) is 5.10 Å². The van der Waals surface area contributed by atoms with Gasteiger partial charge in [-0.05, 0) is 0 Å². The first-order chi connectivity index (χ1) is 13.0. The van der Waals surface area contributed by atoms with Gasteiger partial charge >= 0.3 is 0 Å². The van der Waals surface area contributed by atoms with E-state index >= 15 is 0 Å². The van der Waals surface area contributed by atoms with Gasteiger partial charge in [-0.25, -0.2) is 23.3 Å². The van der Waals surface area contributed by atoms with Crippen molar-refractivity contribution in [1.29, 1.82) is 0 Å². The molecular formula is C16H12F2N8O. The summed E-state index contributed by atoms with van der Waals surface area (Å²) in [5.41, 5.74) is 6.47. The number of anilines is 2. The average molecular weight is 370 g/mol. The SMILES string of the molecule is Cn1cncc1-c1c(F)cncc1NC(=O)c1c(N)nn2cc(F)cnc12. The van der Waals surface area contributed by atoms with Gasteiger partial charge in [-0.1, -0.05) is 0 Å². The fourth-order valence-corrected chi connectivity index (χ4v) is 2.72. The van der Waals surface area contributed by atoms with Crippen LogP contribution in [-0.4, -0.2) is 35.0 Å². The largest absolute Gasteiger partial charge is 0.381 e. The van der Waals surface area contributed by atoms with Crippen molar-refractivity contribution < 1.29 is 13.6 Å². The molecule has 9 nitrogen and oxygen atoms in total. The normalized spacial score (nSPS) is 11.1. The number of imidazole rings is 1. The number of fused-ring (bicyclic) bond motifs is 1. The summed E-state index contributed by atoms with van der Waals surface area (Å²) in [5.74, 6) is -2.09. The molecule has 3 N–H and O–H groups in total. The van der Waals surface area contributed by atoms with E-state index in [0.29, 0.717) is 5.69 Å². The third kappa shape index (κ3) is 2.74. The number of halogens is 2. The summed E-state index contributed by atoms with van der Waals surface area (Å²) < 4.78 is 30.4. The van der Waals surface area contributed by atoms with Gasteiger partial charge in [0.2, 0.25) is 0 Å².